The van der Waals surface area contributed by atoms with Crippen LogP contribution in [0.2, 0.25) is 0 Å². The van der Waals surface area contributed by atoms with Crippen molar-refractivity contribution in [1.82, 2.24) is 20.6 Å². The first-order valence-corrected chi connectivity index (χ1v) is 10.0. The molecule has 2 amide bonds. The SMILES string of the molecule is CCCCCn1nc(C(=O)NNC(=O)c2ccccc2C(F)(F)F)c2ccccc2c1=O. The van der Waals surface area contributed by atoms with Crippen molar-refractivity contribution in [2.75, 3.05) is 0 Å². The van der Waals surface area contributed by atoms with Crippen molar-refractivity contribution in [3.63, 3.8) is 0 Å². The van der Waals surface area contributed by atoms with Gasteiger partial charge in [-0.1, -0.05) is 50.1 Å². The standard InChI is InChI=1S/C22H21F3N4O3/c1-2-3-8-13-29-21(32)15-10-5-4-9-14(15)18(28-29)20(31)27-26-19(30)16-11-6-7-12-17(16)22(23,24)25/h4-7,9-12H,2-3,8,13H2,1H3,(H,26,30)(H,27,31). The van der Waals surface area contributed by atoms with Crippen molar-refractivity contribution in [1.29, 1.82) is 0 Å². The Morgan fingerprint density at radius 3 is 2.25 bits per heavy atom. The molecule has 0 fully saturated rings. The molecule has 7 nitrogen and oxygen atoms in total. The molecule has 2 N–H and O–H groups in total. The highest BCUT2D eigenvalue weighted by molar-refractivity contribution is 6.06. The Kier molecular flexibility index (Phi) is 6.92. The second kappa shape index (κ2) is 9.63. The average molecular weight is 446 g/mol. The molecule has 0 aliphatic heterocycles. The Morgan fingerprint density at radius 2 is 1.56 bits per heavy atom. The molecule has 1 heterocycles. The fraction of sp³-hybridized carbons (Fsp3) is 0.273. The Hall–Kier alpha value is -3.69. The first-order chi connectivity index (χ1) is 15.2. The summed E-state index contributed by atoms with van der Waals surface area (Å²) >= 11 is 0. The lowest BCUT2D eigenvalue weighted by Crippen LogP contribution is -2.43. The average Bonchev–Trinajstić information content (AvgIpc) is 2.78. The van der Waals surface area contributed by atoms with E-state index in [1.54, 1.807) is 18.2 Å². The smallest absolute Gasteiger partial charge is 0.267 e. The van der Waals surface area contributed by atoms with Gasteiger partial charge in [0.1, 0.15) is 0 Å². The van der Waals surface area contributed by atoms with E-state index in [0.29, 0.717) is 13.0 Å². The lowest BCUT2D eigenvalue weighted by atomic mass is 10.1. The zero-order valence-corrected chi connectivity index (χ0v) is 17.2. The van der Waals surface area contributed by atoms with Crippen LogP contribution < -0.4 is 16.4 Å². The zero-order chi connectivity index (χ0) is 23.3. The van der Waals surface area contributed by atoms with Crippen LogP contribution in [0.25, 0.3) is 10.8 Å². The van der Waals surface area contributed by atoms with Crippen molar-refractivity contribution in [3.8, 4) is 0 Å². The summed E-state index contributed by atoms with van der Waals surface area (Å²) in [6, 6.07) is 10.6. The van der Waals surface area contributed by atoms with Crippen LogP contribution in [-0.2, 0) is 12.7 Å². The number of aryl methyl sites for hydroxylation is 1. The third kappa shape index (κ3) is 4.96. The monoisotopic (exact) mass is 446 g/mol. The van der Waals surface area contributed by atoms with Crippen LogP contribution in [0.15, 0.2) is 53.3 Å². The topological polar surface area (TPSA) is 93.1 Å². The Morgan fingerprint density at radius 1 is 0.938 bits per heavy atom. The normalized spacial score (nSPS) is 11.4. The molecule has 0 atom stereocenters. The number of halogens is 3. The number of fused-ring (bicyclic) bond motifs is 1. The van der Waals surface area contributed by atoms with Gasteiger partial charge in [-0.3, -0.25) is 25.2 Å². The van der Waals surface area contributed by atoms with Gasteiger partial charge < -0.3 is 0 Å². The van der Waals surface area contributed by atoms with Crippen LogP contribution in [0.3, 0.4) is 0 Å². The van der Waals surface area contributed by atoms with E-state index in [0.717, 1.165) is 31.0 Å². The lowest BCUT2D eigenvalue weighted by molar-refractivity contribution is -0.137. The molecule has 1 aromatic heterocycles. The molecule has 0 saturated heterocycles. The van der Waals surface area contributed by atoms with Gasteiger partial charge in [-0.25, -0.2) is 4.68 Å². The fourth-order valence-corrected chi connectivity index (χ4v) is 3.23. The number of rotatable bonds is 6. The minimum Gasteiger partial charge on any atom is -0.267 e. The van der Waals surface area contributed by atoms with E-state index in [4.69, 9.17) is 0 Å². The first-order valence-electron chi connectivity index (χ1n) is 10.0. The number of carbonyl (C=O) groups excluding carboxylic acids is 2. The minimum atomic E-state index is -4.73. The summed E-state index contributed by atoms with van der Waals surface area (Å²) in [4.78, 5) is 37.7. The van der Waals surface area contributed by atoms with E-state index in [9.17, 15) is 27.6 Å². The van der Waals surface area contributed by atoms with Gasteiger partial charge in [0.05, 0.1) is 16.5 Å². The van der Waals surface area contributed by atoms with Crippen molar-refractivity contribution >= 4 is 22.6 Å². The molecular formula is C22H21F3N4O3. The van der Waals surface area contributed by atoms with Gasteiger partial charge in [-0.2, -0.15) is 18.3 Å². The Balaban J connectivity index is 1.87. The number of hydrazine groups is 1. The number of hydrogen-bond acceptors (Lipinski definition) is 4. The molecule has 0 aliphatic rings. The molecule has 0 spiro atoms. The van der Waals surface area contributed by atoms with Gasteiger partial charge >= 0.3 is 6.18 Å². The minimum absolute atomic E-state index is 0.124. The predicted molar refractivity (Wildman–Crippen MR) is 112 cm³/mol. The van der Waals surface area contributed by atoms with Crippen LogP contribution in [0.5, 0.6) is 0 Å². The van der Waals surface area contributed by atoms with Gasteiger partial charge in [-0.05, 0) is 24.6 Å². The quantitative estimate of drug-likeness (QED) is 0.446. The molecular weight excluding hydrogens is 425 g/mol. The summed E-state index contributed by atoms with van der Waals surface area (Å²) in [7, 11) is 0. The summed E-state index contributed by atoms with van der Waals surface area (Å²) in [5, 5.41) is 4.69. The van der Waals surface area contributed by atoms with Crippen LogP contribution >= 0.6 is 0 Å². The van der Waals surface area contributed by atoms with E-state index in [2.05, 4.69) is 10.5 Å². The highest BCUT2D eigenvalue weighted by atomic mass is 19.4. The summed E-state index contributed by atoms with van der Waals surface area (Å²) in [5.74, 6) is -1.99. The summed E-state index contributed by atoms with van der Waals surface area (Å²) in [6.45, 7) is 2.32. The third-order valence-electron chi connectivity index (χ3n) is 4.82. The molecule has 0 bridgehead atoms. The van der Waals surface area contributed by atoms with Crippen LogP contribution in [0, 0.1) is 0 Å². The summed E-state index contributed by atoms with van der Waals surface area (Å²) in [6.07, 6.45) is -2.24. The molecule has 0 saturated carbocycles. The summed E-state index contributed by atoms with van der Waals surface area (Å²) in [5.41, 5.74) is 1.86. The third-order valence-corrected chi connectivity index (χ3v) is 4.82. The van der Waals surface area contributed by atoms with E-state index < -0.39 is 29.1 Å². The number of benzene rings is 2. The molecule has 3 rings (SSSR count). The van der Waals surface area contributed by atoms with E-state index in [-0.39, 0.29) is 22.0 Å². The maximum Gasteiger partial charge on any atom is 0.417 e. The molecule has 0 unspecified atom stereocenters. The maximum atomic E-state index is 13.1. The maximum absolute atomic E-state index is 13.1. The van der Waals surface area contributed by atoms with Gasteiger partial charge in [0.2, 0.25) is 0 Å². The number of hydrogen-bond donors (Lipinski definition) is 2. The number of carbonyl (C=O) groups is 2. The van der Waals surface area contributed by atoms with E-state index in [1.807, 2.05) is 12.3 Å². The molecule has 3 aromatic rings. The van der Waals surface area contributed by atoms with Gasteiger partial charge in [0, 0.05) is 11.9 Å². The number of amides is 2. The highest BCUT2D eigenvalue weighted by Gasteiger charge is 2.35. The van der Waals surface area contributed by atoms with Crippen molar-refractivity contribution in [2.24, 2.45) is 0 Å². The molecule has 32 heavy (non-hydrogen) atoms. The zero-order valence-electron chi connectivity index (χ0n) is 17.2. The molecule has 168 valence electrons. The molecule has 2 aromatic carbocycles. The molecule has 0 radical (unpaired) electrons. The first kappa shape index (κ1) is 23.0. The van der Waals surface area contributed by atoms with Crippen LogP contribution in [0.4, 0.5) is 13.2 Å². The number of unbranched alkanes of at least 4 members (excludes halogenated alkanes) is 2. The second-order valence-corrected chi connectivity index (χ2v) is 7.08. The van der Waals surface area contributed by atoms with Gasteiger partial charge in [0.15, 0.2) is 5.69 Å². The number of alkyl halides is 3. The lowest BCUT2D eigenvalue weighted by Gasteiger charge is -2.14. The van der Waals surface area contributed by atoms with Crippen molar-refractivity contribution in [2.45, 2.75) is 38.9 Å². The number of nitrogens with zero attached hydrogens (tertiary/aromatic N) is 2. The second-order valence-electron chi connectivity index (χ2n) is 7.08. The number of aromatic nitrogens is 2. The fourth-order valence-electron chi connectivity index (χ4n) is 3.23. The largest absolute Gasteiger partial charge is 0.417 e. The van der Waals surface area contributed by atoms with E-state index in [1.165, 1.54) is 16.8 Å². The van der Waals surface area contributed by atoms with Crippen LogP contribution in [-0.4, -0.2) is 21.6 Å². The van der Waals surface area contributed by atoms with Crippen LogP contribution in [0.1, 0.15) is 52.6 Å². The van der Waals surface area contributed by atoms with Crippen molar-refractivity contribution < 1.29 is 22.8 Å². The van der Waals surface area contributed by atoms with Crippen molar-refractivity contribution in [3.05, 3.63) is 75.7 Å². The van der Waals surface area contributed by atoms with Gasteiger partial charge in [0.25, 0.3) is 17.4 Å². The highest BCUT2D eigenvalue weighted by Crippen LogP contribution is 2.31. The summed E-state index contributed by atoms with van der Waals surface area (Å²) < 4.78 is 40.6. The Bertz CT molecular complexity index is 1200. The predicted octanol–water partition coefficient (Wildman–Crippen LogP) is 3.68. The molecule has 10 heteroatoms. The van der Waals surface area contributed by atoms with E-state index >= 15 is 0 Å². The number of nitrogens with one attached hydrogen (secondary N) is 2. The molecule has 0 aliphatic carbocycles. The Labute approximate surface area is 181 Å². The van der Waals surface area contributed by atoms with Gasteiger partial charge in [-0.15, -0.1) is 0 Å².